The van der Waals surface area contributed by atoms with Crippen LogP contribution in [-0.2, 0) is 9.53 Å². The summed E-state index contributed by atoms with van der Waals surface area (Å²) in [6.45, 7) is 4.29. The predicted octanol–water partition coefficient (Wildman–Crippen LogP) is -0.0825. The molecule has 2 fully saturated rings. The number of carbonyl (C=O) groups is 1. The van der Waals surface area contributed by atoms with Crippen LogP contribution < -0.4 is 5.32 Å². The van der Waals surface area contributed by atoms with Crippen molar-refractivity contribution in [3.63, 3.8) is 0 Å². The largest absolute Gasteiger partial charge is 0.375 e. The van der Waals surface area contributed by atoms with Gasteiger partial charge in [0.1, 0.15) is 6.61 Å². The van der Waals surface area contributed by atoms with Crippen LogP contribution in [0.3, 0.4) is 0 Å². The van der Waals surface area contributed by atoms with Gasteiger partial charge < -0.3 is 19.9 Å². The van der Waals surface area contributed by atoms with Crippen molar-refractivity contribution in [3.8, 4) is 0 Å². The number of hydrogen-bond donors (Lipinski definition) is 1. The van der Waals surface area contributed by atoms with Crippen molar-refractivity contribution in [2.45, 2.75) is 31.3 Å². The molecule has 1 amide bonds. The fraction of sp³-hybridized carbons (Fsp3) is 0.923. The van der Waals surface area contributed by atoms with Crippen LogP contribution in [0, 0.1) is 0 Å². The number of carbonyl (C=O) groups excluding carboxylic acids is 1. The molecule has 0 saturated carbocycles. The van der Waals surface area contributed by atoms with Crippen molar-refractivity contribution in [3.05, 3.63) is 0 Å². The van der Waals surface area contributed by atoms with Crippen molar-refractivity contribution in [2.75, 3.05) is 46.9 Å². The van der Waals surface area contributed by atoms with E-state index < -0.39 is 0 Å². The molecule has 0 radical (unpaired) electrons. The van der Waals surface area contributed by atoms with E-state index in [-0.39, 0.29) is 12.5 Å². The molecular formula is C13H25N3O2. The molecule has 0 aromatic heterocycles. The third kappa shape index (κ3) is 3.67. The van der Waals surface area contributed by atoms with Crippen molar-refractivity contribution in [2.24, 2.45) is 0 Å². The molecule has 0 spiro atoms. The lowest BCUT2D eigenvalue weighted by Gasteiger charge is -2.33. The highest BCUT2D eigenvalue weighted by Gasteiger charge is 2.26. The normalized spacial score (nSPS) is 26.8. The topological polar surface area (TPSA) is 44.8 Å². The van der Waals surface area contributed by atoms with Crippen LogP contribution in [-0.4, -0.2) is 74.7 Å². The molecule has 2 rings (SSSR count). The summed E-state index contributed by atoms with van der Waals surface area (Å²) in [7, 11) is 3.75. The first kappa shape index (κ1) is 13.8. The number of methoxy groups -OCH3 is 1. The van der Waals surface area contributed by atoms with E-state index in [9.17, 15) is 4.79 Å². The maximum atomic E-state index is 11.7. The van der Waals surface area contributed by atoms with Crippen LogP contribution >= 0.6 is 0 Å². The van der Waals surface area contributed by atoms with Gasteiger partial charge >= 0.3 is 0 Å². The Morgan fingerprint density at radius 1 is 1.22 bits per heavy atom. The molecule has 5 heteroatoms. The molecule has 104 valence electrons. The fourth-order valence-corrected chi connectivity index (χ4v) is 2.91. The number of piperidine rings is 1. The minimum Gasteiger partial charge on any atom is -0.375 e. The minimum atomic E-state index is 0.122. The molecule has 0 aromatic rings. The Labute approximate surface area is 109 Å². The molecule has 0 bridgehead atoms. The Bertz CT molecular complexity index is 277. The zero-order valence-electron chi connectivity index (χ0n) is 11.5. The minimum absolute atomic E-state index is 0.122. The van der Waals surface area contributed by atoms with Gasteiger partial charge in [0.2, 0.25) is 5.91 Å². The monoisotopic (exact) mass is 255 g/mol. The van der Waals surface area contributed by atoms with Crippen molar-refractivity contribution in [1.29, 1.82) is 0 Å². The molecule has 2 aliphatic heterocycles. The predicted molar refractivity (Wildman–Crippen MR) is 70.5 cm³/mol. The van der Waals surface area contributed by atoms with Gasteiger partial charge in [-0.15, -0.1) is 0 Å². The second kappa shape index (κ2) is 6.50. The first-order valence-corrected chi connectivity index (χ1v) is 6.90. The van der Waals surface area contributed by atoms with E-state index in [2.05, 4.69) is 17.3 Å². The van der Waals surface area contributed by atoms with Gasteiger partial charge in [-0.25, -0.2) is 0 Å². The van der Waals surface area contributed by atoms with E-state index in [0.717, 1.165) is 32.5 Å². The van der Waals surface area contributed by atoms with Crippen LogP contribution in [0.25, 0.3) is 0 Å². The molecule has 2 aliphatic rings. The van der Waals surface area contributed by atoms with Gasteiger partial charge in [0.15, 0.2) is 0 Å². The summed E-state index contributed by atoms with van der Waals surface area (Å²) in [6, 6.07) is 1.22. The molecule has 18 heavy (non-hydrogen) atoms. The first-order chi connectivity index (χ1) is 8.69. The van der Waals surface area contributed by atoms with Crippen molar-refractivity contribution < 1.29 is 9.53 Å². The number of likely N-dealkylation sites (tertiary alicyclic amines) is 2. The average molecular weight is 255 g/mol. The molecule has 1 N–H and O–H groups in total. The summed E-state index contributed by atoms with van der Waals surface area (Å²) >= 11 is 0. The zero-order valence-corrected chi connectivity index (χ0v) is 11.5. The summed E-state index contributed by atoms with van der Waals surface area (Å²) in [5.74, 6) is 0.122. The quantitative estimate of drug-likeness (QED) is 0.763. The van der Waals surface area contributed by atoms with Gasteiger partial charge in [-0.3, -0.25) is 4.79 Å². The Balaban J connectivity index is 1.68. The third-order valence-electron chi connectivity index (χ3n) is 3.98. The highest BCUT2D eigenvalue weighted by Crippen LogP contribution is 2.14. The van der Waals surface area contributed by atoms with Crippen LogP contribution in [0.1, 0.15) is 19.3 Å². The maximum Gasteiger partial charge on any atom is 0.248 e. The Morgan fingerprint density at radius 3 is 2.44 bits per heavy atom. The van der Waals surface area contributed by atoms with Crippen LogP contribution in [0.2, 0.25) is 0 Å². The number of rotatable bonds is 4. The summed E-state index contributed by atoms with van der Waals surface area (Å²) in [4.78, 5) is 16.0. The second-order valence-corrected chi connectivity index (χ2v) is 5.50. The Morgan fingerprint density at radius 2 is 1.89 bits per heavy atom. The van der Waals surface area contributed by atoms with E-state index in [1.807, 2.05) is 4.90 Å². The van der Waals surface area contributed by atoms with E-state index in [1.165, 1.54) is 13.0 Å². The molecule has 0 aliphatic carbocycles. The molecular weight excluding hydrogens is 230 g/mol. The number of amides is 1. The van der Waals surface area contributed by atoms with Gasteiger partial charge in [-0.2, -0.15) is 0 Å². The SMILES string of the molecule is COCC(=O)N1CCC(NC2CCN(C)C2)CC1. The number of nitrogens with zero attached hydrogens (tertiary/aromatic N) is 2. The lowest BCUT2D eigenvalue weighted by Crippen LogP contribution is -2.48. The zero-order chi connectivity index (χ0) is 13.0. The smallest absolute Gasteiger partial charge is 0.248 e. The van der Waals surface area contributed by atoms with E-state index in [0.29, 0.717) is 12.1 Å². The van der Waals surface area contributed by atoms with Crippen molar-refractivity contribution >= 4 is 5.91 Å². The fourth-order valence-electron chi connectivity index (χ4n) is 2.91. The van der Waals surface area contributed by atoms with Gasteiger partial charge in [0.25, 0.3) is 0 Å². The van der Waals surface area contributed by atoms with Gasteiger partial charge in [0, 0.05) is 38.8 Å². The van der Waals surface area contributed by atoms with Crippen LogP contribution in [0.5, 0.6) is 0 Å². The first-order valence-electron chi connectivity index (χ1n) is 6.90. The summed E-state index contributed by atoms with van der Waals surface area (Å²) in [6.07, 6.45) is 3.38. The number of likely N-dealkylation sites (N-methyl/N-ethyl adjacent to an activating group) is 1. The molecule has 0 aromatic carbocycles. The third-order valence-corrected chi connectivity index (χ3v) is 3.98. The highest BCUT2D eigenvalue weighted by molar-refractivity contribution is 5.77. The molecule has 5 nitrogen and oxygen atoms in total. The van der Waals surface area contributed by atoms with Crippen molar-refractivity contribution in [1.82, 2.24) is 15.1 Å². The van der Waals surface area contributed by atoms with Gasteiger partial charge in [-0.1, -0.05) is 0 Å². The second-order valence-electron chi connectivity index (χ2n) is 5.50. The summed E-state index contributed by atoms with van der Waals surface area (Å²) in [5, 5.41) is 3.73. The Kier molecular flexibility index (Phi) is 4.97. The number of nitrogens with one attached hydrogen (secondary N) is 1. The maximum absolute atomic E-state index is 11.7. The summed E-state index contributed by atoms with van der Waals surface area (Å²) in [5.41, 5.74) is 0. The molecule has 2 heterocycles. The van der Waals surface area contributed by atoms with E-state index in [4.69, 9.17) is 4.74 Å². The molecule has 2 saturated heterocycles. The lowest BCUT2D eigenvalue weighted by molar-refractivity contribution is -0.136. The summed E-state index contributed by atoms with van der Waals surface area (Å²) < 4.78 is 4.89. The van der Waals surface area contributed by atoms with Crippen LogP contribution in [0.15, 0.2) is 0 Å². The molecule has 1 unspecified atom stereocenters. The number of hydrogen-bond acceptors (Lipinski definition) is 4. The standard InChI is InChI=1S/C13H25N3O2/c1-15-6-3-12(9-15)14-11-4-7-16(8-5-11)13(17)10-18-2/h11-12,14H,3-10H2,1-2H3. The average Bonchev–Trinajstić information content (AvgIpc) is 2.76. The highest BCUT2D eigenvalue weighted by atomic mass is 16.5. The number of ether oxygens (including phenoxy) is 1. The van der Waals surface area contributed by atoms with Crippen LogP contribution in [0.4, 0.5) is 0 Å². The lowest BCUT2D eigenvalue weighted by atomic mass is 10.0. The van der Waals surface area contributed by atoms with Gasteiger partial charge in [0.05, 0.1) is 0 Å². The van der Waals surface area contributed by atoms with E-state index in [1.54, 1.807) is 7.11 Å². The molecule has 1 atom stereocenters. The van der Waals surface area contributed by atoms with E-state index >= 15 is 0 Å². The van der Waals surface area contributed by atoms with Gasteiger partial charge in [-0.05, 0) is 32.9 Å². The Hall–Kier alpha value is -0.650.